The van der Waals surface area contributed by atoms with E-state index in [1.165, 1.54) is 10.4 Å². The first-order valence-electron chi connectivity index (χ1n) is 4.24. The molecule has 3 heteroatoms. The summed E-state index contributed by atoms with van der Waals surface area (Å²) in [4.78, 5) is 1.41. The molecule has 2 heterocycles. The molecule has 12 heavy (non-hydrogen) atoms. The molecule has 0 saturated heterocycles. The average Bonchev–Trinajstić information content (AvgIpc) is 2.53. The van der Waals surface area contributed by atoms with Crippen LogP contribution in [-0.4, -0.2) is 20.2 Å². The zero-order valence-electron chi connectivity index (χ0n) is 7.17. The van der Waals surface area contributed by atoms with E-state index in [1.807, 2.05) is 18.4 Å². The zero-order valence-corrected chi connectivity index (χ0v) is 7.99. The van der Waals surface area contributed by atoms with Crippen LogP contribution in [0.15, 0.2) is 11.4 Å². The van der Waals surface area contributed by atoms with Gasteiger partial charge in [0.15, 0.2) is 0 Å². The lowest BCUT2D eigenvalue weighted by atomic mass is 10.1. The number of likely N-dealkylation sites (N-methyl/N-ethyl adjacent to an activating group) is 1. The van der Waals surface area contributed by atoms with Gasteiger partial charge in [0.05, 0.1) is 6.61 Å². The standard InChI is InChI=1S/C9H13NOS/c1-10-6-8-9-7(2-4-11-8)3-5-12-9/h3,5,8,10H,2,4,6H2,1H3/t8-/m1/s1. The molecule has 0 aliphatic carbocycles. The van der Waals surface area contributed by atoms with Crippen LogP contribution in [0.25, 0.3) is 0 Å². The SMILES string of the molecule is CNC[C@H]1OCCc2ccsc21. The van der Waals surface area contributed by atoms with Crippen LogP contribution >= 0.6 is 11.3 Å². The first-order chi connectivity index (χ1) is 5.92. The molecule has 0 bridgehead atoms. The molecule has 0 unspecified atom stereocenters. The lowest BCUT2D eigenvalue weighted by Crippen LogP contribution is -2.23. The Morgan fingerprint density at radius 2 is 2.67 bits per heavy atom. The van der Waals surface area contributed by atoms with Crippen molar-refractivity contribution in [3.8, 4) is 0 Å². The van der Waals surface area contributed by atoms with Gasteiger partial charge in [0, 0.05) is 11.4 Å². The molecule has 1 N–H and O–H groups in total. The van der Waals surface area contributed by atoms with Gasteiger partial charge in [0.1, 0.15) is 6.10 Å². The molecule has 0 amide bonds. The summed E-state index contributed by atoms with van der Waals surface area (Å²) in [6.07, 6.45) is 1.37. The van der Waals surface area contributed by atoms with Crippen LogP contribution in [-0.2, 0) is 11.2 Å². The van der Waals surface area contributed by atoms with Crippen LogP contribution in [0.5, 0.6) is 0 Å². The van der Waals surface area contributed by atoms with Crippen LogP contribution in [0.4, 0.5) is 0 Å². The predicted molar refractivity (Wildman–Crippen MR) is 50.6 cm³/mol. The van der Waals surface area contributed by atoms with Crippen molar-refractivity contribution in [1.29, 1.82) is 0 Å². The van der Waals surface area contributed by atoms with E-state index in [0.29, 0.717) is 6.10 Å². The smallest absolute Gasteiger partial charge is 0.104 e. The van der Waals surface area contributed by atoms with Crippen LogP contribution in [0.3, 0.4) is 0 Å². The Balaban J connectivity index is 2.19. The maximum absolute atomic E-state index is 5.65. The van der Waals surface area contributed by atoms with E-state index in [2.05, 4.69) is 16.8 Å². The summed E-state index contributed by atoms with van der Waals surface area (Å²) in [5.74, 6) is 0. The molecule has 0 fully saturated rings. The third kappa shape index (κ3) is 1.40. The normalized spacial score (nSPS) is 22.2. The first kappa shape index (κ1) is 8.23. The maximum Gasteiger partial charge on any atom is 0.104 e. The molecular weight excluding hydrogens is 170 g/mol. The highest BCUT2D eigenvalue weighted by molar-refractivity contribution is 7.10. The molecule has 0 aromatic carbocycles. The van der Waals surface area contributed by atoms with Gasteiger partial charge in [-0.15, -0.1) is 11.3 Å². The Morgan fingerprint density at radius 3 is 3.50 bits per heavy atom. The Labute approximate surface area is 76.6 Å². The van der Waals surface area contributed by atoms with Crippen molar-refractivity contribution in [2.45, 2.75) is 12.5 Å². The Bertz CT molecular complexity index is 259. The van der Waals surface area contributed by atoms with Gasteiger partial charge >= 0.3 is 0 Å². The van der Waals surface area contributed by atoms with E-state index in [-0.39, 0.29) is 0 Å². The third-order valence-electron chi connectivity index (χ3n) is 2.15. The van der Waals surface area contributed by atoms with Crippen molar-refractivity contribution in [2.24, 2.45) is 0 Å². The number of thiophene rings is 1. The minimum absolute atomic E-state index is 0.291. The Morgan fingerprint density at radius 1 is 1.75 bits per heavy atom. The number of ether oxygens (including phenoxy) is 1. The molecule has 0 radical (unpaired) electrons. The van der Waals surface area contributed by atoms with Gasteiger partial charge in [0.25, 0.3) is 0 Å². The van der Waals surface area contributed by atoms with Crippen LogP contribution < -0.4 is 5.32 Å². The molecule has 66 valence electrons. The molecule has 1 aromatic heterocycles. The quantitative estimate of drug-likeness (QED) is 0.751. The summed E-state index contributed by atoms with van der Waals surface area (Å²) in [5.41, 5.74) is 1.48. The summed E-state index contributed by atoms with van der Waals surface area (Å²) < 4.78 is 5.65. The van der Waals surface area contributed by atoms with Crippen molar-refractivity contribution in [3.05, 3.63) is 21.9 Å². The number of fused-ring (bicyclic) bond motifs is 1. The highest BCUT2D eigenvalue weighted by Gasteiger charge is 2.20. The Hall–Kier alpha value is -0.380. The van der Waals surface area contributed by atoms with Gasteiger partial charge < -0.3 is 10.1 Å². The fourth-order valence-electron chi connectivity index (χ4n) is 1.56. The lowest BCUT2D eigenvalue weighted by molar-refractivity contribution is 0.0469. The van der Waals surface area contributed by atoms with Gasteiger partial charge in [-0.25, -0.2) is 0 Å². The second kappa shape index (κ2) is 3.56. The van der Waals surface area contributed by atoms with E-state index in [1.54, 1.807) is 0 Å². The van der Waals surface area contributed by atoms with Crippen LogP contribution in [0, 0.1) is 0 Å². The largest absolute Gasteiger partial charge is 0.371 e. The number of nitrogens with one attached hydrogen (secondary N) is 1. The number of rotatable bonds is 2. The molecule has 1 aliphatic heterocycles. The molecule has 1 aliphatic rings. The van der Waals surface area contributed by atoms with Gasteiger partial charge in [-0.1, -0.05) is 0 Å². The van der Waals surface area contributed by atoms with Crippen LogP contribution in [0.1, 0.15) is 16.5 Å². The van der Waals surface area contributed by atoms with E-state index in [9.17, 15) is 0 Å². The first-order valence-corrected chi connectivity index (χ1v) is 5.12. The molecule has 0 saturated carbocycles. The van der Waals surface area contributed by atoms with Gasteiger partial charge in [-0.2, -0.15) is 0 Å². The fraction of sp³-hybridized carbons (Fsp3) is 0.556. The van der Waals surface area contributed by atoms with Gasteiger partial charge in [0.2, 0.25) is 0 Å². The summed E-state index contributed by atoms with van der Waals surface area (Å²) in [5, 5.41) is 5.30. The van der Waals surface area contributed by atoms with Crippen LogP contribution in [0.2, 0.25) is 0 Å². The van der Waals surface area contributed by atoms with E-state index in [0.717, 1.165) is 19.6 Å². The fourth-order valence-corrected chi connectivity index (χ4v) is 2.56. The van der Waals surface area contributed by atoms with E-state index in [4.69, 9.17) is 4.74 Å². The lowest BCUT2D eigenvalue weighted by Gasteiger charge is -2.22. The van der Waals surface area contributed by atoms with Gasteiger partial charge in [-0.05, 0) is 30.5 Å². The van der Waals surface area contributed by atoms with E-state index < -0.39 is 0 Å². The van der Waals surface area contributed by atoms with Gasteiger partial charge in [-0.3, -0.25) is 0 Å². The summed E-state index contributed by atoms with van der Waals surface area (Å²) in [6, 6.07) is 2.21. The second-order valence-corrected chi connectivity index (χ2v) is 3.92. The molecular formula is C9H13NOS. The molecule has 2 rings (SSSR count). The average molecular weight is 183 g/mol. The Kier molecular flexibility index (Phi) is 2.44. The molecule has 0 spiro atoms. The second-order valence-electron chi connectivity index (χ2n) is 2.98. The van der Waals surface area contributed by atoms with Crippen molar-refractivity contribution in [2.75, 3.05) is 20.2 Å². The van der Waals surface area contributed by atoms with Crippen molar-refractivity contribution < 1.29 is 4.74 Å². The number of hydrogen-bond donors (Lipinski definition) is 1. The third-order valence-corrected chi connectivity index (χ3v) is 3.20. The maximum atomic E-state index is 5.65. The predicted octanol–water partition coefficient (Wildman–Crippen LogP) is 1.58. The van der Waals surface area contributed by atoms with Crippen molar-refractivity contribution in [3.63, 3.8) is 0 Å². The summed E-state index contributed by atoms with van der Waals surface area (Å²) in [7, 11) is 1.96. The zero-order chi connectivity index (χ0) is 8.39. The van der Waals surface area contributed by atoms with Crippen molar-refractivity contribution in [1.82, 2.24) is 5.32 Å². The highest BCUT2D eigenvalue weighted by Crippen LogP contribution is 2.30. The summed E-state index contributed by atoms with van der Waals surface area (Å²) >= 11 is 1.81. The molecule has 1 aromatic rings. The highest BCUT2D eigenvalue weighted by atomic mass is 32.1. The molecule has 2 nitrogen and oxygen atoms in total. The minimum atomic E-state index is 0.291. The summed E-state index contributed by atoms with van der Waals surface area (Å²) in [6.45, 7) is 1.80. The van der Waals surface area contributed by atoms with Crippen molar-refractivity contribution >= 4 is 11.3 Å². The van der Waals surface area contributed by atoms with E-state index >= 15 is 0 Å². The number of hydrogen-bond acceptors (Lipinski definition) is 3. The molecule has 1 atom stereocenters. The minimum Gasteiger partial charge on any atom is -0.371 e. The topological polar surface area (TPSA) is 21.3 Å². The monoisotopic (exact) mass is 183 g/mol.